The van der Waals surface area contributed by atoms with Crippen LogP contribution in [0.3, 0.4) is 0 Å². The predicted octanol–water partition coefficient (Wildman–Crippen LogP) is 3.90. The number of furan rings is 1. The van der Waals surface area contributed by atoms with Gasteiger partial charge in [0, 0.05) is 13.1 Å². The third-order valence-electron chi connectivity index (χ3n) is 4.91. The molecule has 6 heteroatoms. The predicted molar refractivity (Wildman–Crippen MR) is 112 cm³/mol. The van der Waals surface area contributed by atoms with Gasteiger partial charge in [-0.1, -0.05) is 36.4 Å². The number of hydrogen-bond donors (Lipinski definition) is 1. The van der Waals surface area contributed by atoms with Crippen LogP contribution in [0.2, 0.25) is 0 Å². The second-order valence-electron chi connectivity index (χ2n) is 7.52. The quantitative estimate of drug-likeness (QED) is 0.548. The number of fused-ring (bicyclic) bond motifs is 1. The van der Waals surface area contributed by atoms with Gasteiger partial charge in [-0.25, -0.2) is 0 Å². The van der Waals surface area contributed by atoms with Gasteiger partial charge in [0.25, 0.3) is 0 Å². The summed E-state index contributed by atoms with van der Waals surface area (Å²) in [6.45, 7) is 4.64. The first kappa shape index (κ1) is 20.5. The topological polar surface area (TPSA) is 64.3 Å². The number of ether oxygens (including phenoxy) is 3. The number of nitrogens with zero attached hydrogens (tertiary/aromatic N) is 1. The Morgan fingerprint density at radius 2 is 1.80 bits per heavy atom. The second kappa shape index (κ2) is 9.80. The molecule has 1 N–H and O–H groups in total. The van der Waals surface area contributed by atoms with Crippen LogP contribution < -0.4 is 9.47 Å². The largest absolute Gasteiger partial charge is 0.465 e. The first-order valence-corrected chi connectivity index (χ1v) is 10.1. The highest BCUT2D eigenvalue weighted by Crippen LogP contribution is 2.33. The number of aryl methyl sites for hydroxylation is 1. The van der Waals surface area contributed by atoms with Gasteiger partial charge in [-0.15, -0.1) is 0 Å². The number of aliphatic hydroxyl groups excluding tert-OH is 1. The standard InChI is InChI=1S/C24H27NO5/c1-18-7-9-22(30-18)14-25(12-20-8-10-23-24(11-20)29-17-28-23)13-21(26)16-27-15-19-5-3-2-4-6-19/h2-11,21,26H,12-17H2,1H3/t21-/m1/s1. The Hall–Kier alpha value is -2.80. The van der Waals surface area contributed by atoms with Crippen molar-refractivity contribution in [2.45, 2.75) is 32.7 Å². The van der Waals surface area contributed by atoms with E-state index in [1.54, 1.807) is 0 Å². The molecule has 1 aromatic heterocycles. The molecule has 0 spiro atoms. The fourth-order valence-electron chi connectivity index (χ4n) is 3.51. The molecule has 1 atom stereocenters. The van der Waals surface area contributed by atoms with Crippen molar-refractivity contribution in [1.82, 2.24) is 4.90 Å². The van der Waals surface area contributed by atoms with Crippen molar-refractivity contribution >= 4 is 0 Å². The van der Waals surface area contributed by atoms with Gasteiger partial charge in [0.15, 0.2) is 11.5 Å². The van der Waals surface area contributed by atoms with Gasteiger partial charge in [-0.3, -0.25) is 4.90 Å². The molecule has 0 fully saturated rings. The Labute approximate surface area is 176 Å². The normalized spacial score (nSPS) is 13.7. The first-order valence-electron chi connectivity index (χ1n) is 10.1. The lowest BCUT2D eigenvalue weighted by Crippen LogP contribution is -2.34. The van der Waals surface area contributed by atoms with Gasteiger partial charge in [0.2, 0.25) is 6.79 Å². The first-order chi connectivity index (χ1) is 14.7. The summed E-state index contributed by atoms with van der Waals surface area (Å²) in [6, 6.07) is 19.8. The molecule has 2 aromatic carbocycles. The van der Waals surface area contributed by atoms with E-state index in [0.717, 1.165) is 34.1 Å². The maximum atomic E-state index is 10.6. The van der Waals surface area contributed by atoms with Crippen molar-refractivity contribution in [1.29, 1.82) is 0 Å². The minimum atomic E-state index is -0.612. The molecule has 0 saturated heterocycles. The van der Waals surface area contributed by atoms with E-state index in [1.807, 2.05) is 67.6 Å². The summed E-state index contributed by atoms with van der Waals surface area (Å²) in [7, 11) is 0. The highest BCUT2D eigenvalue weighted by Gasteiger charge is 2.18. The summed E-state index contributed by atoms with van der Waals surface area (Å²) < 4.78 is 22.3. The van der Waals surface area contributed by atoms with Crippen molar-refractivity contribution in [3.05, 3.63) is 83.3 Å². The molecule has 0 aliphatic carbocycles. The van der Waals surface area contributed by atoms with Crippen LogP contribution in [0.25, 0.3) is 0 Å². The van der Waals surface area contributed by atoms with Gasteiger partial charge in [0.05, 0.1) is 25.9 Å². The zero-order valence-electron chi connectivity index (χ0n) is 17.1. The molecular weight excluding hydrogens is 382 g/mol. The molecule has 0 amide bonds. The third kappa shape index (κ3) is 5.63. The fourth-order valence-corrected chi connectivity index (χ4v) is 3.51. The number of benzene rings is 2. The van der Waals surface area contributed by atoms with Crippen LogP contribution in [0.5, 0.6) is 11.5 Å². The molecule has 0 radical (unpaired) electrons. The monoisotopic (exact) mass is 409 g/mol. The highest BCUT2D eigenvalue weighted by molar-refractivity contribution is 5.44. The van der Waals surface area contributed by atoms with Crippen LogP contribution in [0.4, 0.5) is 0 Å². The Morgan fingerprint density at radius 1 is 0.967 bits per heavy atom. The molecular formula is C24H27NO5. The number of hydrogen-bond acceptors (Lipinski definition) is 6. The third-order valence-corrected chi connectivity index (χ3v) is 4.91. The lowest BCUT2D eigenvalue weighted by molar-refractivity contribution is 0.00610. The molecule has 4 rings (SSSR count). The van der Waals surface area contributed by atoms with E-state index in [-0.39, 0.29) is 13.4 Å². The lowest BCUT2D eigenvalue weighted by Gasteiger charge is -2.24. The van der Waals surface area contributed by atoms with E-state index < -0.39 is 6.10 Å². The Kier molecular flexibility index (Phi) is 6.69. The Morgan fingerprint density at radius 3 is 2.60 bits per heavy atom. The molecule has 1 aliphatic heterocycles. The van der Waals surface area contributed by atoms with E-state index in [1.165, 1.54) is 0 Å². The minimum Gasteiger partial charge on any atom is -0.465 e. The van der Waals surface area contributed by atoms with E-state index in [4.69, 9.17) is 18.6 Å². The van der Waals surface area contributed by atoms with E-state index in [2.05, 4.69) is 4.90 Å². The second-order valence-corrected chi connectivity index (χ2v) is 7.52. The fraction of sp³-hybridized carbons (Fsp3) is 0.333. The Bertz CT molecular complexity index is 940. The Balaban J connectivity index is 1.36. The zero-order chi connectivity index (χ0) is 20.8. The van der Waals surface area contributed by atoms with Crippen LogP contribution in [0.1, 0.15) is 22.6 Å². The summed E-state index contributed by atoms with van der Waals surface area (Å²) in [5, 5.41) is 10.6. The summed E-state index contributed by atoms with van der Waals surface area (Å²) >= 11 is 0. The smallest absolute Gasteiger partial charge is 0.231 e. The summed E-state index contributed by atoms with van der Waals surface area (Å²) in [5.41, 5.74) is 2.17. The zero-order valence-corrected chi connectivity index (χ0v) is 17.1. The van der Waals surface area contributed by atoms with Gasteiger partial charge in [0.1, 0.15) is 11.5 Å². The van der Waals surface area contributed by atoms with Crippen LogP contribution in [0, 0.1) is 6.92 Å². The molecule has 0 unspecified atom stereocenters. The van der Waals surface area contributed by atoms with E-state index in [0.29, 0.717) is 26.2 Å². The molecule has 6 nitrogen and oxygen atoms in total. The molecule has 2 heterocycles. The van der Waals surface area contributed by atoms with Crippen LogP contribution >= 0.6 is 0 Å². The van der Waals surface area contributed by atoms with Crippen molar-refractivity contribution in [2.24, 2.45) is 0 Å². The average Bonchev–Trinajstić information content (AvgIpc) is 3.37. The van der Waals surface area contributed by atoms with Gasteiger partial charge >= 0.3 is 0 Å². The minimum absolute atomic E-state index is 0.256. The van der Waals surface area contributed by atoms with Gasteiger partial charge in [-0.05, 0) is 42.3 Å². The lowest BCUT2D eigenvalue weighted by atomic mass is 10.1. The van der Waals surface area contributed by atoms with E-state index >= 15 is 0 Å². The molecule has 1 aliphatic rings. The van der Waals surface area contributed by atoms with Crippen LogP contribution in [0.15, 0.2) is 65.1 Å². The maximum absolute atomic E-state index is 10.6. The van der Waals surface area contributed by atoms with Crippen LogP contribution in [-0.4, -0.2) is 36.1 Å². The number of aliphatic hydroxyl groups is 1. The average molecular weight is 409 g/mol. The van der Waals surface area contributed by atoms with Crippen molar-refractivity contribution in [3.63, 3.8) is 0 Å². The van der Waals surface area contributed by atoms with Gasteiger partial charge < -0.3 is 23.7 Å². The van der Waals surface area contributed by atoms with Crippen molar-refractivity contribution in [3.8, 4) is 11.5 Å². The molecule has 0 bridgehead atoms. The molecule has 3 aromatic rings. The van der Waals surface area contributed by atoms with E-state index in [9.17, 15) is 5.11 Å². The maximum Gasteiger partial charge on any atom is 0.231 e. The highest BCUT2D eigenvalue weighted by atomic mass is 16.7. The SMILES string of the molecule is Cc1ccc(CN(Cc2ccc3c(c2)OCO3)C[C@@H](O)COCc2ccccc2)o1. The van der Waals surface area contributed by atoms with Crippen LogP contribution in [-0.2, 0) is 24.4 Å². The summed E-state index contributed by atoms with van der Waals surface area (Å²) in [6.07, 6.45) is -0.612. The van der Waals surface area contributed by atoms with Crippen molar-refractivity contribution in [2.75, 3.05) is 19.9 Å². The number of rotatable bonds is 10. The summed E-state index contributed by atoms with van der Waals surface area (Å²) in [5.74, 6) is 3.26. The molecule has 30 heavy (non-hydrogen) atoms. The molecule has 158 valence electrons. The summed E-state index contributed by atoms with van der Waals surface area (Å²) in [4.78, 5) is 2.15. The molecule has 0 saturated carbocycles. The van der Waals surface area contributed by atoms with Gasteiger partial charge in [-0.2, -0.15) is 0 Å². The van der Waals surface area contributed by atoms with Crippen molar-refractivity contribution < 1.29 is 23.7 Å².